The van der Waals surface area contributed by atoms with Crippen LogP contribution in [0.3, 0.4) is 0 Å². The van der Waals surface area contributed by atoms with E-state index in [2.05, 4.69) is 22.1 Å². The van der Waals surface area contributed by atoms with Gasteiger partial charge in [0, 0.05) is 38.1 Å². The second kappa shape index (κ2) is 7.97. The Bertz CT molecular complexity index is 405. The number of amides is 1. The quantitative estimate of drug-likeness (QED) is 0.832. The second-order valence-electron chi connectivity index (χ2n) is 5.32. The van der Waals surface area contributed by atoms with Crippen LogP contribution in [0.15, 0.2) is 24.4 Å². The average Bonchev–Trinajstić information content (AvgIpc) is 2.47. The van der Waals surface area contributed by atoms with Gasteiger partial charge in [0.2, 0.25) is 5.91 Å². The van der Waals surface area contributed by atoms with Crippen LogP contribution in [-0.4, -0.2) is 55.2 Å². The van der Waals surface area contributed by atoms with Crippen molar-refractivity contribution in [2.24, 2.45) is 5.92 Å². The van der Waals surface area contributed by atoms with Crippen LogP contribution in [0, 0.1) is 5.92 Å². The Morgan fingerprint density at radius 3 is 2.95 bits per heavy atom. The number of carbonyl (C=O) groups is 1. The Balaban J connectivity index is 1.64. The lowest BCUT2D eigenvalue weighted by atomic mass is 10.1. The van der Waals surface area contributed by atoms with Gasteiger partial charge in [-0.1, -0.05) is 13.0 Å². The van der Waals surface area contributed by atoms with E-state index in [0.717, 1.165) is 38.5 Å². The van der Waals surface area contributed by atoms with E-state index in [4.69, 9.17) is 4.74 Å². The number of hydrogen-bond donors (Lipinski definition) is 1. The van der Waals surface area contributed by atoms with Crippen LogP contribution in [-0.2, 0) is 16.0 Å². The zero-order valence-electron chi connectivity index (χ0n) is 12.0. The van der Waals surface area contributed by atoms with Crippen LogP contribution in [0.2, 0.25) is 0 Å². The smallest absolute Gasteiger partial charge is 0.226 e. The molecule has 1 aliphatic rings. The van der Waals surface area contributed by atoms with Crippen molar-refractivity contribution in [1.29, 1.82) is 0 Å². The molecule has 1 N–H and O–H groups in total. The summed E-state index contributed by atoms with van der Waals surface area (Å²) in [5.74, 6) is 0.485. The van der Waals surface area contributed by atoms with Crippen molar-refractivity contribution in [3.63, 3.8) is 0 Å². The SMILES string of the molecule is CC(CNC(=O)Cc1ccccn1)CN1CCOCC1. The van der Waals surface area contributed by atoms with Crippen LogP contribution < -0.4 is 5.32 Å². The van der Waals surface area contributed by atoms with E-state index in [1.54, 1.807) is 6.20 Å². The van der Waals surface area contributed by atoms with E-state index in [1.807, 2.05) is 18.2 Å². The lowest BCUT2D eigenvalue weighted by Crippen LogP contribution is -2.41. The molecule has 2 heterocycles. The molecular weight excluding hydrogens is 254 g/mol. The molecule has 0 saturated carbocycles. The second-order valence-corrected chi connectivity index (χ2v) is 5.32. The highest BCUT2D eigenvalue weighted by Crippen LogP contribution is 2.03. The molecule has 0 radical (unpaired) electrons. The molecule has 1 fully saturated rings. The summed E-state index contributed by atoms with van der Waals surface area (Å²) < 4.78 is 5.33. The molecule has 1 unspecified atom stereocenters. The lowest BCUT2D eigenvalue weighted by Gasteiger charge is -2.29. The van der Waals surface area contributed by atoms with Gasteiger partial charge in [0.25, 0.3) is 0 Å². The fourth-order valence-electron chi connectivity index (χ4n) is 2.31. The van der Waals surface area contributed by atoms with Crippen molar-refractivity contribution in [3.05, 3.63) is 30.1 Å². The van der Waals surface area contributed by atoms with E-state index in [0.29, 0.717) is 18.9 Å². The average molecular weight is 277 g/mol. The highest BCUT2D eigenvalue weighted by molar-refractivity contribution is 5.78. The molecule has 1 atom stereocenters. The van der Waals surface area contributed by atoms with Gasteiger partial charge in [-0.05, 0) is 18.1 Å². The number of nitrogens with one attached hydrogen (secondary N) is 1. The summed E-state index contributed by atoms with van der Waals surface area (Å²) in [5, 5.41) is 2.98. The Hall–Kier alpha value is -1.46. The molecule has 1 aliphatic heterocycles. The first kappa shape index (κ1) is 14.9. The summed E-state index contributed by atoms with van der Waals surface area (Å²) in [5.41, 5.74) is 0.811. The molecular formula is C15H23N3O2. The highest BCUT2D eigenvalue weighted by atomic mass is 16.5. The van der Waals surface area contributed by atoms with E-state index in [1.165, 1.54) is 0 Å². The molecule has 1 amide bonds. The molecule has 0 aliphatic carbocycles. The van der Waals surface area contributed by atoms with Gasteiger partial charge in [0.05, 0.1) is 19.6 Å². The molecule has 110 valence electrons. The standard InChI is InChI=1S/C15H23N3O2/c1-13(12-18-6-8-20-9-7-18)11-17-15(19)10-14-4-2-3-5-16-14/h2-5,13H,6-12H2,1H3,(H,17,19). The lowest BCUT2D eigenvalue weighted by molar-refractivity contribution is -0.120. The number of ether oxygens (including phenoxy) is 1. The topological polar surface area (TPSA) is 54.5 Å². The van der Waals surface area contributed by atoms with Gasteiger partial charge in [0.15, 0.2) is 0 Å². The number of pyridine rings is 1. The Labute approximate surface area is 120 Å². The van der Waals surface area contributed by atoms with Gasteiger partial charge in [0.1, 0.15) is 0 Å². The molecule has 5 heteroatoms. The molecule has 0 aromatic carbocycles. The predicted octanol–water partition coefficient (Wildman–Crippen LogP) is 0.709. The Kier molecular flexibility index (Phi) is 5.95. The van der Waals surface area contributed by atoms with Crippen LogP contribution in [0.25, 0.3) is 0 Å². The van der Waals surface area contributed by atoms with Crippen molar-refractivity contribution in [2.45, 2.75) is 13.3 Å². The first-order chi connectivity index (χ1) is 9.74. The third kappa shape index (κ3) is 5.27. The number of morpholine rings is 1. The first-order valence-electron chi connectivity index (χ1n) is 7.21. The molecule has 5 nitrogen and oxygen atoms in total. The van der Waals surface area contributed by atoms with Gasteiger partial charge in [-0.3, -0.25) is 14.7 Å². The fraction of sp³-hybridized carbons (Fsp3) is 0.600. The third-order valence-electron chi connectivity index (χ3n) is 3.39. The minimum Gasteiger partial charge on any atom is -0.379 e. The zero-order chi connectivity index (χ0) is 14.2. The number of hydrogen-bond acceptors (Lipinski definition) is 4. The van der Waals surface area contributed by atoms with Gasteiger partial charge in [-0.15, -0.1) is 0 Å². The molecule has 20 heavy (non-hydrogen) atoms. The third-order valence-corrected chi connectivity index (χ3v) is 3.39. The normalized spacial score (nSPS) is 17.6. The van der Waals surface area contributed by atoms with E-state index < -0.39 is 0 Å². The number of aromatic nitrogens is 1. The summed E-state index contributed by atoms with van der Waals surface area (Å²) in [6, 6.07) is 5.62. The van der Waals surface area contributed by atoms with Crippen molar-refractivity contribution >= 4 is 5.91 Å². The maximum absolute atomic E-state index is 11.8. The largest absolute Gasteiger partial charge is 0.379 e. The van der Waals surface area contributed by atoms with Crippen molar-refractivity contribution in [1.82, 2.24) is 15.2 Å². The van der Waals surface area contributed by atoms with Crippen molar-refractivity contribution in [2.75, 3.05) is 39.4 Å². The van der Waals surface area contributed by atoms with Crippen molar-refractivity contribution < 1.29 is 9.53 Å². The van der Waals surface area contributed by atoms with Gasteiger partial charge < -0.3 is 10.1 Å². The first-order valence-corrected chi connectivity index (χ1v) is 7.21. The highest BCUT2D eigenvalue weighted by Gasteiger charge is 2.14. The minimum absolute atomic E-state index is 0.0394. The van der Waals surface area contributed by atoms with Gasteiger partial charge >= 0.3 is 0 Å². The maximum atomic E-state index is 11.8. The monoisotopic (exact) mass is 277 g/mol. The fourth-order valence-corrected chi connectivity index (χ4v) is 2.31. The van der Waals surface area contributed by atoms with Gasteiger partial charge in [-0.2, -0.15) is 0 Å². The van der Waals surface area contributed by atoms with E-state index in [-0.39, 0.29) is 5.91 Å². The van der Waals surface area contributed by atoms with Crippen molar-refractivity contribution in [3.8, 4) is 0 Å². The minimum atomic E-state index is 0.0394. The number of rotatable bonds is 6. The molecule has 0 bridgehead atoms. The number of carbonyl (C=O) groups excluding carboxylic acids is 1. The summed E-state index contributed by atoms with van der Waals surface area (Å²) in [4.78, 5) is 18.4. The molecule has 2 rings (SSSR count). The van der Waals surface area contributed by atoms with Crippen LogP contribution in [0.4, 0.5) is 0 Å². The molecule has 1 saturated heterocycles. The zero-order valence-corrected chi connectivity index (χ0v) is 12.0. The predicted molar refractivity (Wildman–Crippen MR) is 77.4 cm³/mol. The Morgan fingerprint density at radius 2 is 2.25 bits per heavy atom. The Morgan fingerprint density at radius 1 is 1.45 bits per heavy atom. The molecule has 1 aromatic heterocycles. The number of nitrogens with zero attached hydrogens (tertiary/aromatic N) is 2. The summed E-state index contributed by atoms with van der Waals surface area (Å²) in [6.45, 7) is 7.50. The van der Waals surface area contributed by atoms with E-state index >= 15 is 0 Å². The van der Waals surface area contributed by atoms with Crippen LogP contribution in [0.1, 0.15) is 12.6 Å². The summed E-state index contributed by atoms with van der Waals surface area (Å²) in [7, 11) is 0. The van der Waals surface area contributed by atoms with Crippen LogP contribution >= 0.6 is 0 Å². The van der Waals surface area contributed by atoms with Crippen LogP contribution in [0.5, 0.6) is 0 Å². The molecule has 0 spiro atoms. The summed E-state index contributed by atoms with van der Waals surface area (Å²) in [6.07, 6.45) is 2.06. The summed E-state index contributed by atoms with van der Waals surface area (Å²) >= 11 is 0. The molecule has 1 aromatic rings. The van der Waals surface area contributed by atoms with E-state index in [9.17, 15) is 4.79 Å². The van der Waals surface area contributed by atoms with Gasteiger partial charge in [-0.25, -0.2) is 0 Å². The maximum Gasteiger partial charge on any atom is 0.226 e.